The summed E-state index contributed by atoms with van der Waals surface area (Å²) >= 11 is 3.45. The van der Waals surface area contributed by atoms with Crippen molar-refractivity contribution in [2.75, 3.05) is 10.6 Å². The molecule has 1 aliphatic rings. The molecule has 1 aromatic carbocycles. The fourth-order valence-corrected chi connectivity index (χ4v) is 3.45. The summed E-state index contributed by atoms with van der Waals surface area (Å²) in [5.41, 5.74) is 8.26. The molecule has 4 N–H and O–H groups in total. The number of anilines is 3. The summed E-state index contributed by atoms with van der Waals surface area (Å²) in [4.78, 5) is 9.25. The van der Waals surface area contributed by atoms with Crippen LogP contribution in [0.1, 0.15) is 25.7 Å². The van der Waals surface area contributed by atoms with Crippen LogP contribution in [-0.2, 0) is 7.05 Å². The lowest BCUT2D eigenvalue weighted by atomic mass is 9.92. The Labute approximate surface area is 159 Å². The molecular weight excluding hydrogens is 396 g/mol. The van der Waals surface area contributed by atoms with E-state index in [9.17, 15) is 0 Å². The first-order valence-corrected chi connectivity index (χ1v) is 9.50. The van der Waals surface area contributed by atoms with E-state index in [0.29, 0.717) is 35.0 Å². The zero-order valence-electron chi connectivity index (χ0n) is 14.5. The van der Waals surface area contributed by atoms with Crippen LogP contribution in [0.3, 0.4) is 0 Å². The third-order valence-electron chi connectivity index (χ3n) is 4.66. The zero-order chi connectivity index (χ0) is 18.1. The van der Waals surface area contributed by atoms with Crippen molar-refractivity contribution in [1.29, 1.82) is 0 Å². The number of nitrogens with one attached hydrogen (secondary N) is 2. The van der Waals surface area contributed by atoms with E-state index in [1.54, 1.807) is 4.68 Å². The number of hydrogen-bond acceptors (Lipinski definition) is 7. The normalized spacial score (nSPS) is 20.3. The van der Waals surface area contributed by atoms with E-state index in [0.717, 1.165) is 35.8 Å². The molecule has 0 aliphatic heterocycles. The zero-order valence-corrected chi connectivity index (χ0v) is 16.1. The largest absolute Gasteiger partial charge is 0.351 e. The average Bonchev–Trinajstić information content (AvgIpc) is 3.00. The van der Waals surface area contributed by atoms with E-state index in [2.05, 4.69) is 46.8 Å². The lowest BCUT2D eigenvalue weighted by molar-refractivity contribution is 0.410. The van der Waals surface area contributed by atoms with Crippen molar-refractivity contribution < 1.29 is 0 Å². The van der Waals surface area contributed by atoms with Crippen LogP contribution in [0.4, 0.5) is 17.5 Å². The highest BCUT2D eigenvalue weighted by atomic mass is 79.9. The van der Waals surface area contributed by atoms with Gasteiger partial charge < -0.3 is 16.4 Å². The van der Waals surface area contributed by atoms with Crippen LogP contribution in [0.15, 0.2) is 28.7 Å². The first-order valence-electron chi connectivity index (χ1n) is 8.70. The van der Waals surface area contributed by atoms with E-state index >= 15 is 0 Å². The summed E-state index contributed by atoms with van der Waals surface area (Å²) < 4.78 is 2.68. The van der Waals surface area contributed by atoms with E-state index in [1.807, 2.05) is 31.3 Å². The van der Waals surface area contributed by atoms with Crippen molar-refractivity contribution in [3.05, 3.63) is 28.7 Å². The Hall–Kier alpha value is -2.26. The average molecular weight is 417 g/mol. The maximum atomic E-state index is 6.00. The topological polar surface area (TPSA) is 107 Å². The highest BCUT2D eigenvalue weighted by molar-refractivity contribution is 9.10. The minimum Gasteiger partial charge on any atom is -0.351 e. The summed E-state index contributed by atoms with van der Waals surface area (Å²) in [6.07, 6.45) is 4.11. The number of rotatable bonds is 4. The van der Waals surface area contributed by atoms with Crippen LogP contribution >= 0.6 is 15.9 Å². The van der Waals surface area contributed by atoms with Gasteiger partial charge in [0.05, 0.1) is 0 Å². The van der Waals surface area contributed by atoms with Gasteiger partial charge >= 0.3 is 0 Å². The monoisotopic (exact) mass is 416 g/mol. The molecular formula is C17H21BrN8. The standard InChI is InChI=1S/C17H21BrN8/c1-26-16-14(24-25-26)15(20-12-6-2-10(18)3-7-12)22-17(23-16)21-13-8-4-11(19)5-9-13/h2-3,6-7,11,13H,4-5,8-9,19H2,1H3,(H2,20,21,22,23). The van der Waals surface area contributed by atoms with Gasteiger partial charge in [-0.05, 0) is 49.9 Å². The van der Waals surface area contributed by atoms with Crippen LogP contribution in [0.25, 0.3) is 11.2 Å². The van der Waals surface area contributed by atoms with Crippen molar-refractivity contribution in [1.82, 2.24) is 25.0 Å². The molecule has 8 nitrogen and oxygen atoms in total. The minimum absolute atomic E-state index is 0.312. The van der Waals surface area contributed by atoms with Gasteiger partial charge in [-0.2, -0.15) is 9.97 Å². The number of benzene rings is 1. The Bertz CT molecular complexity index is 899. The van der Waals surface area contributed by atoms with Crippen LogP contribution in [-0.4, -0.2) is 37.0 Å². The van der Waals surface area contributed by atoms with E-state index in [-0.39, 0.29) is 0 Å². The van der Waals surface area contributed by atoms with Gasteiger partial charge in [0.25, 0.3) is 0 Å². The second-order valence-corrected chi connectivity index (χ2v) is 7.58. The highest BCUT2D eigenvalue weighted by Crippen LogP contribution is 2.26. The molecule has 0 atom stereocenters. The Morgan fingerprint density at radius 1 is 1.12 bits per heavy atom. The predicted molar refractivity (Wildman–Crippen MR) is 105 cm³/mol. The first kappa shape index (κ1) is 17.2. The van der Waals surface area contributed by atoms with Crippen molar-refractivity contribution in [2.45, 2.75) is 37.8 Å². The second-order valence-electron chi connectivity index (χ2n) is 6.67. The molecule has 0 unspecified atom stereocenters. The van der Waals surface area contributed by atoms with Gasteiger partial charge in [0.1, 0.15) is 0 Å². The third-order valence-corrected chi connectivity index (χ3v) is 5.19. The molecule has 0 amide bonds. The molecule has 1 saturated carbocycles. The molecule has 1 aliphatic carbocycles. The van der Waals surface area contributed by atoms with Gasteiger partial charge in [-0.3, -0.25) is 0 Å². The van der Waals surface area contributed by atoms with Gasteiger partial charge in [-0.25, -0.2) is 4.68 Å². The van der Waals surface area contributed by atoms with Gasteiger partial charge in [0, 0.05) is 29.3 Å². The SMILES string of the molecule is Cn1nnc2c(Nc3ccc(Br)cc3)nc(NC3CCC(N)CC3)nc21. The maximum Gasteiger partial charge on any atom is 0.227 e. The van der Waals surface area contributed by atoms with Gasteiger partial charge in [-0.1, -0.05) is 21.1 Å². The molecule has 4 rings (SSSR count). The summed E-state index contributed by atoms with van der Waals surface area (Å²) in [5.74, 6) is 1.23. The van der Waals surface area contributed by atoms with Crippen molar-refractivity contribution in [2.24, 2.45) is 12.8 Å². The molecule has 1 fully saturated rings. The Balaban J connectivity index is 1.64. The lowest BCUT2D eigenvalue weighted by Gasteiger charge is -2.26. The number of hydrogen-bond donors (Lipinski definition) is 3. The summed E-state index contributed by atoms with van der Waals surface area (Å²) in [7, 11) is 1.83. The summed E-state index contributed by atoms with van der Waals surface area (Å²) in [6, 6.07) is 8.55. The number of halogens is 1. The lowest BCUT2D eigenvalue weighted by Crippen LogP contribution is -2.33. The smallest absolute Gasteiger partial charge is 0.227 e. The molecule has 0 spiro atoms. The summed E-state index contributed by atoms with van der Waals surface area (Å²) in [5, 5.41) is 15.1. The number of fused-ring (bicyclic) bond motifs is 1. The molecule has 2 heterocycles. The molecule has 0 bridgehead atoms. The Kier molecular flexibility index (Phi) is 4.73. The van der Waals surface area contributed by atoms with Crippen LogP contribution in [0, 0.1) is 0 Å². The molecule has 2 aromatic heterocycles. The predicted octanol–water partition coefficient (Wildman–Crippen LogP) is 2.95. The fraction of sp³-hybridized carbons (Fsp3) is 0.412. The number of aromatic nitrogens is 5. The van der Waals surface area contributed by atoms with Crippen LogP contribution in [0.5, 0.6) is 0 Å². The quantitative estimate of drug-likeness (QED) is 0.599. The fourth-order valence-electron chi connectivity index (χ4n) is 3.18. The van der Waals surface area contributed by atoms with E-state index < -0.39 is 0 Å². The minimum atomic E-state index is 0.312. The third kappa shape index (κ3) is 3.63. The molecule has 0 saturated heterocycles. The van der Waals surface area contributed by atoms with Crippen molar-refractivity contribution in [3.8, 4) is 0 Å². The summed E-state index contributed by atoms with van der Waals surface area (Å²) in [6.45, 7) is 0. The van der Waals surface area contributed by atoms with E-state index in [4.69, 9.17) is 5.73 Å². The number of aryl methyl sites for hydroxylation is 1. The second kappa shape index (κ2) is 7.16. The molecule has 136 valence electrons. The Morgan fingerprint density at radius 3 is 2.58 bits per heavy atom. The number of nitrogens with zero attached hydrogens (tertiary/aromatic N) is 5. The van der Waals surface area contributed by atoms with Gasteiger partial charge in [0.15, 0.2) is 17.0 Å². The molecule has 26 heavy (non-hydrogen) atoms. The first-order chi connectivity index (χ1) is 12.6. The highest BCUT2D eigenvalue weighted by Gasteiger charge is 2.20. The molecule has 0 radical (unpaired) electrons. The van der Waals surface area contributed by atoms with Gasteiger partial charge in [-0.15, -0.1) is 5.10 Å². The van der Waals surface area contributed by atoms with Gasteiger partial charge in [0.2, 0.25) is 5.95 Å². The van der Waals surface area contributed by atoms with E-state index in [1.165, 1.54) is 0 Å². The van der Waals surface area contributed by atoms with Crippen LogP contribution < -0.4 is 16.4 Å². The number of nitrogens with two attached hydrogens (primary N) is 1. The molecule has 9 heteroatoms. The van der Waals surface area contributed by atoms with Crippen molar-refractivity contribution in [3.63, 3.8) is 0 Å². The van der Waals surface area contributed by atoms with Crippen LogP contribution in [0.2, 0.25) is 0 Å². The Morgan fingerprint density at radius 2 is 1.85 bits per heavy atom. The maximum absolute atomic E-state index is 6.00. The van der Waals surface area contributed by atoms with Crippen molar-refractivity contribution >= 4 is 44.5 Å². The molecule has 3 aromatic rings.